The molecule has 0 amide bonds. The van der Waals surface area contributed by atoms with E-state index in [1.807, 2.05) is 0 Å². The first kappa shape index (κ1) is 18.9. The topological polar surface area (TPSA) is 109 Å². The Morgan fingerprint density at radius 1 is 1.28 bits per heavy atom. The largest absolute Gasteiger partial charge is 0.480 e. The molecule has 2 N–H and O–H groups in total. The van der Waals surface area contributed by atoms with E-state index >= 15 is 0 Å². The normalized spacial score (nSPS) is 12.8. The number of benzene rings is 1. The second-order valence-corrected chi connectivity index (χ2v) is 7.30. The van der Waals surface area contributed by atoms with Gasteiger partial charge >= 0.3 is 11.9 Å². The molecule has 1 aromatic carbocycles. The molecule has 9 heteroatoms. The highest BCUT2D eigenvalue weighted by Gasteiger charge is 2.24. The van der Waals surface area contributed by atoms with Crippen molar-refractivity contribution in [3.63, 3.8) is 0 Å². The van der Waals surface area contributed by atoms with Crippen LogP contribution in [-0.2, 0) is 32.1 Å². The summed E-state index contributed by atoms with van der Waals surface area (Å²) in [5.41, 5.74) is 0.212. The third kappa shape index (κ3) is 4.80. The summed E-state index contributed by atoms with van der Waals surface area (Å²) >= 11 is -2.45. The molecular formula is C16H20N2O6S. The molecule has 2 aromatic rings. The van der Waals surface area contributed by atoms with Gasteiger partial charge < -0.3 is 14.4 Å². The quantitative estimate of drug-likeness (QED) is 0.596. The minimum atomic E-state index is -2.45. The van der Waals surface area contributed by atoms with Crippen LogP contribution < -0.4 is 4.31 Å². The van der Waals surface area contributed by atoms with Crippen LogP contribution in [-0.4, -0.2) is 42.5 Å². The first-order valence-corrected chi connectivity index (χ1v) is 8.55. The van der Waals surface area contributed by atoms with Crippen LogP contribution in [0.3, 0.4) is 0 Å². The lowest BCUT2D eigenvalue weighted by Gasteiger charge is -2.24. The molecule has 25 heavy (non-hydrogen) atoms. The van der Waals surface area contributed by atoms with E-state index in [1.54, 1.807) is 51.2 Å². The van der Waals surface area contributed by atoms with Crippen LogP contribution in [0.25, 0.3) is 10.9 Å². The number of hydrogen-bond donors (Lipinski definition) is 2. The number of aliphatic carboxylic acids is 1. The van der Waals surface area contributed by atoms with Crippen molar-refractivity contribution in [1.82, 2.24) is 4.57 Å². The van der Waals surface area contributed by atoms with E-state index in [2.05, 4.69) is 0 Å². The van der Waals surface area contributed by atoms with Gasteiger partial charge in [-0.25, -0.2) is 4.21 Å². The van der Waals surface area contributed by atoms with Gasteiger partial charge in [-0.15, -0.1) is 0 Å². The smallest absolute Gasteiger partial charge is 0.327 e. The number of carbonyl (C=O) groups is 2. The summed E-state index contributed by atoms with van der Waals surface area (Å²) in [4.78, 5) is 23.0. The summed E-state index contributed by atoms with van der Waals surface area (Å²) < 4.78 is 29.1. The number of nitrogens with zero attached hydrogens (tertiary/aromatic N) is 2. The van der Waals surface area contributed by atoms with Gasteiger partial charge in [-0.1, -0.05) is 6.07 Å². The maximum absolute atomic E-state index is 12.0. The molecule has 0 spiro atoms. The first-order chi connectivity index (χ1) is 11.6. The Morgan fingerprint density at radius 3 is 2.52 bits per heavy atom. The number of carboxylic acid groups (broad SMARTS) is 1. The molecule has 0 aliphatic carbocycles. The molecule has 0 bridgehead atoms. The molecule has 8 nitrogen and oxygen atoms in total. The predicted molar refractivity (Wildman–Crippen MR) is 93.5 cm³/mol. The Labute approximate surface area is 147 Å². The summed E-state index contributed by atoms with van der Waals surface area (Å²) in [6, 6.07) is 6.56. The molecule has 1 atom stereocenters. The molecule has 1 aromatic heterocycles. The fourth-order valence-electron chi connectivity index (χ4n) is 2.42. The van der Waals surface area contributed by atoms with Crippen LogP contribution in [0.2, 0.25) is 0 Å². The monoisotopic (exact) mass is 368 g/mol. The van der Waals surface area contributed by atoms with Crippen molar-refractivity contribution >= 4 is 39.8 Å². The average Bonchev–Trinajstić information content (AvgIpc) is 2.85. The summed E-state index contributed by atoms with van der Waals surface area (Å²) in [7, 11) is 0. The van der Waals surface area contributed by atoms with Crippen LogP contribution in [0.5, 0.6) is 0 Å². The zero-order valence-electron chi connectivity index (χ0n) is 14.1. The van der Waals surface area contributed by atoms with Gasteiger partial charge in [0, 0.05) is 11.6 Å². The van der Waals surface area contributed by atoms with Crippen LogP contribution in [0.15, 0.2) is 30.5 Å². The summed E-state index contributed by atoms with van der Waals surface area (Å²) in [5.74, 6) is -1.64. The van der Waals surface area contributed by atoms with E-state index in [1.165, 1.54) is 4.57 Å². The number of aromatic nitrogens is 1. The molecule has 0 aliphatic heterocycles. The van der Waals surface area contributed by atoms with Gasteiger partial charge in [0.25, 0.3) is 11.3 Å². The van der Waals surface area contributed by atoms with Crippen molar-refractivity contribution in [3.05, 3.63) is 30.5 Å². The van der Waals surface area contributed by atoms with E-state index in [-0.39, 0.29) is 6.54 Å². The van der Waals surface area contributed by atoms with Gasteiger partial charge in [0.05, 0.1) is 11.2 Å². The summed E-state index contributed by atoms with van der Waals surface area (Å²) in [6.45, 7) is 4.47. The second-order valence-electron chi connectivity index (χ2n) is 6.40. The number of anilines is 1. The molecule has 1 heterocycles. The number of carbonyl (C=O) groups excluding carboxylic acids is 1. The third-order valence-electron chi connectivity index (χ3n) is 3.25. The number of rotatable bonds is 6. The molecule has 0 saturated carbocycles. The van der Waals surface area contributed by atoms with E-state index in [0.717, 1.165) is 4.31 Å². The fourth-order valence-corrected chi connectivity index (χ4v) is 2.97. The number of esters is 1. The maximum atomic E-state index is 12.0. The van der Waals surface area contributed by atoms with Gasteiger partial charge in [0.15, 0.2) is 0 Å². The van der Waals surface area contributed by atoms with Gasteiger partial charge in [-0.3, -0.25) is 18.4 Å². The lowest BCUT2D eigenvalue weighted by atomic mass is 10.2. The molecule has 0 fully saturated rings. The summed E-state index contributed by atoms with van der Waals surface area (Å²) in [6.07, 6.45) is 1.58. The fraction of sp³-hybridized carbons (Fsp3) is 0.375. The standard InChI is InChI=1S/C16H20N2O6S/c1-16(2,3)24-15(21)10-18(25(22)23)13-6-4-5-12-11(13)7-8-17(12)9-14(19)20/h4-8H,9-10H2,1-3H3,(H,19,20)(H,22,23). The minimum absolute atomic E-state index is 0.235. The van der Waals surface area contributed by atoms with Crippen LogP contribution in [0.4, 0.5) is 5.69 Å². The Bertz CT molecular complexity index is 824. The van der Waals surface area contributed by atoms with Crippen LogP contribution in [0, 0.1) is 0 Å². The van der Waals surface area contributed by atoms with Gasteiger partial charge in [-0.2, -0.15) is 0 Å². The number of fused-ring (bicyclic) bond motifs is 1. The second kappa shape index (κ2) is 7.24. The average molecular weight is 368 g/mol. The van der Waals surface area contributed by atoms with Crippen LogP contribution >= 0.6 is 0 Å². The number of hydrogen-bond acceptors (Lipinski definition) is 4. The zero-order valence-corrected chi connectivity index (χ0v) is 14.9. The highest BCUT2D eigenvalue weighted by Crippen LogP contribution is 2.28. The van der Waals surface area contributed by atoms with E-state index in [0.29, 0.717) is 16.6 Å². The van der Waals surface area contributed by atoms with E-state index in [4.69, 9.17) is 9.84 Å². The van der Waals surface area contributed by atoms with Crippen molar-refractivity contribution in [2.45, 2.75) is 32.9 Å². The molecule has 0 saturated heterocycles. The lowest BCUT2D eigenvalue weighted by Crippen LogP contribution is -2.36. The third-order valence-corrected chi connectivity index (χ3v) is 3.95. The molecule has 0 aliphatic rings. The Morgan fingerprint density at radius 2 is 1.96 bits per heavy atom. The summed E-state index contributed by atoms with van der Waals surface area (Å²) in [5, 5.41) is 9.52. The van der Waals surface area contributed by atoms with Crippen molar-refractivity contribution < 1.29 is 28.2 Å². The van der Waals surface area contributed by atoms with Gasteiger partial charge in [0.2, 0.25) is 0 Å². The molecule has 2 rings (SSSR count). The molecular weight excluding hydrogens is 348 g/mol. The lowest BCUT2D eigenvalue weighted by molar-refractivity contribution is -0.152. The number of carboxylic acids is 1. The SMILES string of the molecule is CC(C)(C)OC(=O)CN(c1cccc2c1ccn2CC(=O)O)S(=O)O. The molecule has 136 valence electrons. The zero-order chi connectivity index (χ0) is 18.8. The van der Waals surface area contributed by atoms with Crippen molar-refractivity contribution in [1.29, 1.82) is 0 Å². The molecule has 0 radical (unpaired) electrons. The minimum Gasteiger partial charge on any atom is -0.480 e. The van der Waals surface area contributed by atoms with Crippen molar-refractivity contribution in [2.75, 3.05) is 10.8 Å². The Kier molecular flexibility index (Phi) is 5.48. The van der Waals surface area contributed by atoms with Gasteiger partial charge in [0.1, 0.15) is 18.7 Å². The van der Waals surface area contributed by atoms with E-state index < -0.39 is 35.4 Å². The highest BCUT2D eigenvalue weighted by molar-refractivity contribution is 7.80. The molecule has 1 unspecified atom stereocenters. The Balaban J connectivity index is 2.39. The van der Waals surface area contributed by atoms with Crippen molar-refractivity contribution in [2.24, 2.45) is 0 Å². The Hall–Kier alpha value is -2.39. The maximum Gasteiger partial charge on any atom is 0.327 e. The van der Waals surface area contributed by atoms with Crippen molar-refractivity contribution in [3.8, 4) is 0 Å². The van der Waals surface area contributed by atoms with E-state index in [9.17, 15) is 18.4 Å². The highest BCUT2D eigenvalue weighted by atomic mass is 32.2. The predicted octanol–water partition coefficient (Wildman–Crippen LogP) is 2.01. The first-order valence-electron chi connectivity index (χ1n) is 7.48. The number of ether oxygens (including phenoxy) is 1. The van der Waals surface area contributed by atoms with Crippen LogP contribution in [0.1, 0.15) is 20.8 Å². The van der Waals surface area contributed by atoms with Gasteiger partial charge in [-0.05, 0) is 39.0 Å².